The number of fused-ring (bicyclic) bond motifs is 1. The maximum absolute atomic E-state index is 5.91. The van der Waals surface area contributed by atoms with Crippen LogP contribution in [0.25, 0.3) is 10.8 Å². The summed E-state index contributed by atoms with van der Waals surface area (Å²) < 4.78 is 5.91. The highest BCUT2D eigenvalue weighted by Gasteiger charge is 2.09. The first-order valence-corrected chi connectivity index (χ1v) is 7.49. The second kappa shape index (κ2) is 7.27. The summed E-state index contributed by atoms with van der Waals surface area (Å²) in [5.41, 5.74) is 1.08. The van der Waals surface area contributed by atoms with E-state index in [0.717, 1.165) is 35.3 Å². The lowest BCUT2D eigenvalue weighted by atomic mass is 10.1. The molecular formula is C17H25N3O. The minimum atomic E-state index is 0.373. The van der Waals surface area contributed by atoms with E-state index in [1.54, 1.807) is 0 Å². The average molecular weight is 287 g/mol. The van der Waals surface area contributed by atoms with Gasteiger partial charge in [0.1, 0.15) is 0 Å². The zero-order valence-electron chi connectivity index (χ0n) is 13.4. The zero-order chi connectivity index (χ0) is 15.2. The van der Waals surface area contributed by atoms with Crippen LogP contribution in [0.3, 0.4) is 0 Å². The topological polar surface area (TPSA) is 37.4 Å². The highest BCUT2D eigenvalue weighted by molar-refractivity contribution is 5.97. The molecule has 114 valence electrons. The van der Waals surface area contributed by atoms with Gasteiger partial charge in [-0.15, -0.1) is 0 Å². The van der Waals surface area contributed by atoms with E-state index in [4.69, 9.17) is 4.74 Å². The molecule has 0 atom stereocenters. The molecule has 0 bridgehead atoms. The van der Waals surface area contributed by atoms with Gasteiger partial charge in [0.2, 0.25) is 5.88 Å². The van der Waals surface area contributed by atoms with Crippen molar-refractivity contribution >= 4 is 16.5 Å². The average Bonchev–Trinajstić information content (AvgIpc) is 2.43. The first-order valence-electron chi connectivity index (χ1n) is 7.49. The van der Waals surface area contributed by atoms with Crippen LogP contribution in [0.1, 0.15) is 20.3 Å². The molecule has 0 saturated heterocycles. The third kappa shape index (κ3) is 4.33. The van der Waals surface area contributed by atoms with Crippen molar-refractivity contribution in [3.05, 3.63) is 30.5 Å². The Morgan fingerprint density at radius 2 is 2.05 bits per heavy atom. The van der Waals surface area contributed by atoms with Crippen molar-refractivity contribution < 1.29 is 4.74 Å². The van der Waals surface area contributed by atoms with Crippen LogP contribution in [-0.2, 0) is 0 Å². The molecule has 1 aromatic carbocycles. The summed E-state index contributed by atoms with van der Waals surface area (Å²) in [6, 6.07) is 8.62. The van der Waals surface area contributed by atoms with Crippen LogP contribution in [0.4, 0.5) is 5.69 Å². The quantitative estimate of drug-likeness (QED) is 0.792. The fourth-order valence-corrected chi connectivity index (χ4v) is 2.29. The molecule has 0 aliphatic rings. The van der Waals surface area contributed by atoms with Gasteiger partial charge in [0.25, 0.3) is 0 Å². The molecule has 0 unspecified atom stereocenters. The third-order valence-corrected chi connectivity index (χ3v) is 3.19. The Balaban J connectivity index is 2.21. The van der Waals surface area contributed by atoms with E-state index in [1.165, 1.54) is 0 Å². The summed E-state index contributed by atoms with van der Waals surface area (Å²) in [7, 11) is 4.14. The van der Waals surface area contributed by atoms with Crippen molar-refractivity contribution in [3.8, 4) is 5.88 Å². The first-order chi connectivity index (χ1) is 10.1. The lowest BCUT2D eigenvalue weighted by Crippen LogP contribution is -2.16. The number of ether oxygens (including phenoxy) is 1. The SMILES string of the molecule is CC(C)Nc1cccc2ccnc(OCCCN(C)C)c12. The van der Waals surface area contributed by atoms with Crippen molar-refractivity contribution in [2.24, 2.45) is 0 Å². The Kier molecular flexibility index (Phi) is 5.39. The minimum absolute atomic E-state index is 0.373. The molecule has 1 heterocycles. The summed E-state index contributed by atoms with van der Waals surface area (Å²) >= 11 is 0. The van der Waals surface area contributed by atoms with Gasteiger partial charge >= 0.3 is 0 Å². The Hall–Kier alpha value is -1.81. The standard InChI is InChI=1S/C17H25N3O/c1-13(2)19-15-8-5-7-14-9-10-18-17(16(14)15)21-12-6-11-20(3)4/h5,7-10,13,19H,6,11-12H2,1-4H3. The number of hydrogen-bond acceptors (Lipinski definition) is 4. The van der Waals surface area contributed by atoms with E-state index < -0.39 is 0 Å². The number of pyridine rings is 1. The molecule has 2 rings (SSSR count). The van der Waals surface area contributed by atoms with Crippen molar-refractivity contribution in [2.45, 2.75) is 26.3 Å². The minimum Gasteiger partial charge on any atom is -0.477 e. The van der Waals surface area contributed by atoms with Crippen LogP contribution in [0, 0.1) is 0 Å². The smallest absolute Gasteiger partial charge is 0.223 e. The molecule has 0 radical (unpaired) electrons. The molecule has 4 heteroatoms. The van der Waals surface area contributed by atoms with E-state index >= 15 is 0 Å². The predicted molar refractivity (Wildman–Crippen MR) is 89.2 cm³/mol. The number of benzene rings is 1. The van der Waals surface area contributed by atoms with Crippen LogP contribution in [-0.4, -0.2) is 43.2 Å². The van der Waals surface area contributed by atoms with Gasteiger partial charge in [-0.2, -0.15) is 0 Å². The van der Waals surface area contributed by atoms with Crippen LogP contribution in [0.5, 0.6) is 5.88 Å². The number of rotatable bonds is 7. The number of anilines is 1. The molecule has 1 aromatic heterocycles. The summed E-state index contributed by atoms with van der Waals surface area (Å²) in [5, 5.41) is 5.69. The van der Waals surface area contributed by atoms with Gasteiger partial charge in [0.15, 0.2) is 0 Å². The fourth-order valence-electron chi connectivity index (χ4n) is 2.29. The number of nitrogens with zero attached hydrogens (tertiary/aromatic N) is 2. The molecule has 0 amide bonds. The van der Waals surface area contributed by atoms with E-state index in [2.05, 4.69) is 61.3 Å². The number of aromatic nitrogens is 1. The normalized spacial score (nSPS) is 11.3. The molecule has 0 fully saturated rings. The van der Waals surface area contributed by atoms with Gasteiger partial charge in [-0.1, -0.05) is 12.1 Å². The van der Waals surface area contributed by atoms with E-state index in [1.807, 2.05) is 12.3 Å². The molecule has 21 heavy (non-hydrogen) atoms. The third-order valence-electron chi connectivity index (χ3n) is 3.19. The van der Waals surface area contributed by atoms with Gasteiger partial charge in [-0.25, -0.2) is 4.98 Å². The summed E-state index contributed by atoms with van der Waals surface area (Å²) in [6.07, 6.45) is 2.80. The monoisotopic (exact) mass is 287 g/mol. The molecule has 0 spiro atoms. The van der Waals surface area contributed by atoms with Gasteiger partial charge in [0, 0.05) is 24.5 Å². The lowest BCUT2D eigenvalue weighted by molar-refractivity contribution is 0.276. The maximum atomic E-state index is 5.91. The largest absolute Gasteiger partial charge is 0.477 e. The van der Waals surface area contributed by atoms with Crippen molar-refractivity contribution in [1.29, 1.82) is 0 Å². The summed E-state index contributed by atoms with van der Waals surface area (Å²) in [6.45, 7) is 5.96. The lowest BCUT2D eigenvalue weighted by Gasteiger charge is -2.16. The Labute approximate surface area is 127 Å². The van der Waals surface area contributed by atoms with Gasteiger partial charge in [-0.05, 0) is 51.9 Å². The van der Waals surface area contributed by atoms with Crippen LogP contribution in [0.2, 0.25) is 0 Å². The Bertz CT molecular complexity index is 576. The van der Waals surface area contributed by atoms with Crippen LogP contribution < -0.4 is 10.1 Å². The highest BCUT2D eigenvalue weighted by Crippen LogP contribution is 2.31. The maximum Gasteiger partial charge on any atom is 0.223 e. The molecular weight excluding hydrogens is 262 g/mol. The molecule has 2 aromatic rings. The second-order valence-electron chi connectivity index (χ2n) is 5.82. The second-order valence-corrected chi connectivity index (χ2v) is 5.82. The fraction of sp³-hybridized carbons (Fsp3) is 0.471. The Morgan fingerprint density at radius 1 is 1.24 bits per heavy atom. The van der Waals surface area contributed by atoms with Crippen molar-refractivity contribution in [1.82, 2.24) is 9.88 Å². The highest BCUT2D eigenvalue weighted by atomic mass is 16.5. The van der Waals surface area contributed by atoms with Crippen LogP contribution >= 0.6 is 0 Å². The molecule has 0 aliphatic heterocycles. The van der Waals surface area contributed by atoms with Gasteiger partial charge < -0.3 is 15.0 Å². The zero-order valence-corrected chi connectivity index (χ0v) is 13.4. The van der Waals surface area contributed by atoms with Gasteiger partial charge in [-0.3, -0.25) is 0 Å². The molecule has 0 saturated carbocycles. The van der Waals surface area contributed by atoms with Gasteiger partial charge in [0.05, 0.1) is 12.0 Å². The van der Waals surface area contributed by atoms with Crippen molar-refractivity contribution in [3.63, 3.8) is 0 Å². The number of nitrogens with one attached hydrogen (secondary N) is 1. The van der Waals surface area contributed by atoms with E-state index in [-0.39, 0.29) is 0 Å². The van der Waals surface area contributed by atoms with Crippen LogP contribution in [0.15, 0.2) is 30.5 Å². The summed E-state index contributed by atoms with van der Waals surface area (Å²) in [5.74, 6) is 0.718. The van der Waals surface area contributed by atoms with E-state index in [9.17, 15) is 0 Å². The summed E-state index contributed by atoms with van der Waals surface area (Å²) in [4.78, 5) is 6.57. The molecule has 0 aliphatic carbocycles. The predicted octanol–water partition coefficient (Wildman–Crippen LogP) is 3.39. The number of hydrogen-bond donors (Lipinski definition) is 1. The molecule has 1 N–H and O–H groups in total. The Morgan fingerprint density at radius 3 is 2.76 bits per heavy atom. The van der Waals surface area contributed by atoms with E-state index in [0.29, 0.717) is 12.6 Å². The van der Waals surface area contributed by atoms with Crippen molar-refractivity contribution in [2.75, 3.05) is 32.6 Å². The molecule has 4 nitrogen and oxygen atoms in total. The first kappa shape index (κ1) is 15.6.